The van der Waals surface area contributed by atoms with E-state index in [4.69, 9.17) is 4.74 Å². The van der Waals surface area contributed by atoms with E-state index in [-0.39, 0.29) is 18.2 Å². The molecule has 232 valence electrons. The van der Waals surface area contributed by atoms with Crippen LogP contribution in [0.15, 0.2) is 48.5 Å². The molecule has 7 nitrogen and oxygen atoms in total. The predicted octanol–water partition coefficient (Wildman–Crippen LogP) is 7.20. The monoisotopic (exact) mass is 579 g/mol. The van der Waals surface area contributed by atoms with Crippen LogP contribution in [0.25, 0.3) is 0 Å². The van der Waals surface area contributed by atoms with Crippen molar-refractivity contribution in [2.45, 2.75) is 118 Å². The van der Waals surface area contributed by atoms with E-state index in [0.717, 1.165) is 67.2 Å². The van der Waals surface area contributed by atoms with Crippen LogP contribution in [-0.4, -0.2) is 47.5 Å². The van der Waals surface area contributed by atoms with Crippen LogP contribution in [-0.2, 0) is 20.7 Å². The predicted molar refractivity (Wildman–Crippen MR) is 170 cm³/mol. The van der Waals surface area contributed by atoms with Gasteiger partial charge < -0.3 is 20.3 Å². The number of nitrogens with zero attached hydrogens (tertiary/aromatic N) is 1. The van der Waals surface area contributed by atoms with E-state index in [9.17, 15) is 14.4 Å². The number of carbonyl (C=O) groups excluding carboxylic acids is 3. The standard InChI is InChI=1S/C35H53N3O4/c1-8-10-12-13-17-23-38(31(32(39)36-22-11-9-2)29-21-20-26(3)24-27(29)4)33(40)30(25-28-18-15-14-16-19-28)37-34(41)42-35(5,6)7/h14-16,18-21,24,30-31H,8-13,17,22-23,25H2,1-7H3,(H,36,39)(H,37,41). The fourth-order valence-corrected chi connectivity index (χ4v) is 5.02. The van der Waals surface area contributed by atoms with Gasteiger partial charge in [-0.3, -0.25) is 9.59 Å². The summed E-state index contributed by atoms with van der Waals surface area (Å²) in [5.74, 6) is -0.496. The molecule has 0 bridgehead atoms. The second kappa shape index (κ2) is 17.6. The Kier molecular flexibility index (Phi) is 14.6. The summed E-state index contributed by atoms with van der Waals surface area (Å²) < 4.78 is 5.55. The zero-order chi connectivity index (χ0) is 31.1. The van der Waals surface area contributed by atoms with Gasteiger partial charge in [-0.1, -0.05) is 100 Å². The van der Waals surface area contributed by atoms with Crippen LogP contribution < -0.4 is 10.6 Å². The van der Waals surface area contributed by atoms with E-state index < -0.39 is 23.8 Å². The molecule has 0 fully saturated rings. The molecular formula is C35H53N3O4. The van der Waals surface area contributed by atoms with E-state index in [1.54, 1.807) is 25.7 Å². The Bertz CT molecular complexity index is 1130. The lowest BCUT2D eigenvalue weighted by molar-refractivity contribution is -0.142. The van der Waals surface area contributed by atoms with E-state index in [0.29, 0.717) is 13.1 Å². The largest absolute Gasteiger partial charge is 0.444 e. The zero-order valence-electron chi connectivity index (χ0n) is 26.9. The minimum absolute atomic E-state index is 0.201. The second-order valence-corrected chi connectivity index (χ2v) is 12.2. The Morgan fingerprint density at radius 3 is 2.17 bits per heavy atom. The lowest BCUT2D eigenvalue weighted by Gasteiger charge is -2.35. The summed E-state index contributed by atoms with van der Waals surface area (Å²) in [5, 5.41) is 5.94. The minimum atomic E-state index is -0.908. The van der Waals surface area contributed by atoms with Crippen molar-refractivity contribution in [2.24, 2.45) is 0 Å². The fraction of sp³-hybridized carbons (Fsp3) is 0.571. The van der Waals surface area contributed by atoms with E-state index in [1.165, 1.54) is 0 Å². The quantitative estimate of drug-likeness (QED) is 0.206. The second-order valence-electron chi connectivity index (χ2n) is 12.2. The summed E-state index contributed by atoms with van der Waals surface area (Å²) in [6, 6.07) is 13.9. The van der Waals surface area contributed by atoms with Crippen LogP contribution in [0, 0.1) is 13.8 Å². The highest BCUT2D eigenvalue weighted by atomic mass is 16.6. The first-order chi connectivity index (χ1) is 20.0. The van der Waals surface area contributed by atoms with Gasteiger partial charge in [0.05, 0.1) is 0 Å². The molecule has 0 aliphatic carbocycles. The van der Waals surface area contributed by atoms with Gasteiger partial charge in [0.2, 0.25) is 11.8 Å². The first kappa shape index (κ1) is 34.8. The van der Waals surface area contributed by atoms with Crippen LogP contribution in [0.3, 0.4) is 0 Å². The summed E-state index contributed by atoms with van der Waals surface area (Å²) >= 11 is 0. The van der Waals surface area contributed by atoms with Crippen molar-refractivity contribution in [2.75, 3.05) is 13.1 Å². The van der Waals surface area contributed by atoms with Gasteiger partial charge in [-0.2, -0.15) is 0 Å². The van der Waals surface area contributed by atoms with Crippen molar-refractivity contribution in [1.82, 2.24) is 15.5 Å². The van der Waals surface area contributed by atoms with Crippen LogP contribution in [0.1, 0.15) is 108 Å². The van der Waals surface area contributed by atoms with Crippen molar-refractivity contribution in [3.63, 3.8) is 0 Å². The molecule has 2 aromatic rings. The number of ether oxygens (including phenoxy) is 1. The maximum absolute atomic E-state index is 14.6. The molecule has 0 spiro atoms. The molecule has 2 rings (SSSR count). The van der Waals surface area contributed by atoms with Crippen LogP contribution >= 0.6 is 0 Å². The summed E-state index contributed by atoms with van der Waals surface area (Å²) in [5.41, 5.74) is 3.03. The third-order valence-electron chi connectivity index (χ3n) is 7.17. The van der Waals surface area contributed by atoms with E-state index in [1.807, 2.05) is 62.4 Å². The molecule has 0 saturated carbocycles. The average Bonchev–Trinajstić information content (AvgIpc) is 2.92. The highest BCUT2D eigenvalue weighted by Crippen LogP contribution is 2.28. The number of alkyl carbamates (subject to hydrolysis) is 1. The Hall–Kier alpha value is -3.35. The van der Waals surface area contributed by atoms with Crippen molar-refractivity contribution >= 4 is 17.9 Å². The summed E-state index contributed by atoms with van der Waals surface area (Å²) in [4.78, 5) is 43.1. The lowest BCUT2D eigenvalue weighted by atomic mass is 9.95. The van der Waals surface area contributed by atoms with Gasteiger partial charge in [0, 0.05) is 19.5 Å². The molecule has 0 saturated heterocycles. The molecular weight excluding hydrogens is 526 g/mol. The Balaban J connectivity index is 2.55. The first-order valence-corrected chi connectivity index (χ1v) is 15.7. The summed E-state index contributed by atoms with van der Waals surface area (Å²) in [6.45, 7) is 14.6. The smallest absolute Gasteiger partial charge is 0.408 e. The summed E-state index contributed by atoms with van der Waals surface area (Å²) in [7, 11) is 0. The topological polar surface area (TPSA) is 87.7 Å². The maximum atomic E-state index is 14.6. The van der Waals surface area contributed by atoms with Crippen LogP contribution in [0.2, 0.25) is 0 Å². The minimum Gasteiger partial charge on any atom is -0.444 e. The number of hydrogen-bond donors (Lipinski definition) is 2. The SMILES string of the molecule is CCCCCCCN(C(=O)C(Cc1ccccc1)NC(=O)OC(C)(C)C)C(C(=O)NCCCC)c1ccc(C)cc1C. The highest BCUT2D eigenvalue weighted by Gasteiger charge is 2.36. The number of benzene rings is 2. The number of amides is 3. The van der Waals surface area contributed by atoms with Gasteiger partial charge in [-0.05, 0) is 64.2 Å². The van der Waals surface area contributed by atoms with Gasteiger partial charge in [0.15, 0.2) is 0 Å². The van der Waals surface area contributed by atoms with Gasteiger partial charge >= 0.3 is 6.09 Å². The molecule has 0 aromatic heterocycles. The normalized spacial score (nSPS) is 12.7. The van der Waals surface area contributed by atoms with Gasteiger partial charge in [0.25, 0.3) is 0 Å². The number of rotatable bonds is 16. The van der Waals surface area contributed by atoms with Gasteiger partial charge in [0.1, 0.15) is 17.7 Å². The Morgan fingerprint density at radius 2 is 1.55 bits per heavy atom. The van der Waals surface area contributed by atoms with Crippen molar-refractivity contribution in [1.29, 1.82) is 0 Å². The molecule has 7 heteroatoms. The van der Waals surface area contributed by atoms with Gasteiger partial charge in [-0.25, -0.2) is 4.79 Å². The number of aryl methyl sites for hydroxylation is 2. The molecule has 0 radical (unpaired) electrons. The van der Waals surface area contributed by atoms with Crippen LogP contribution in [0.4, 0.5) is 4.79 Å². The highest BCUT2D eigenvalue weighted by molar-refractivity contribution is 5.92. The van der Waals surface area contributed by atoms with Crippen LogP contribution in [0.5, 0.6) is 0 Å². The molecule has 0 aliphatic heterocycles. The van der Waals surface area contributed by atoms with Crippen molar-refractivity contribution < 1.29 is 19.1 Å². The number of carbonyl (C=O) groups is 3. The molecule has 2 unspecified atom stereocenters. The lowest BCUT2D eigenvalue weighted by Crippen LogP contribution is -2.54. The third-order valence-corrected chi connectivity index (χ3v) is 7.17. The maximum Gasteiger partial charge on any atom is 0.408 e. The number of hydrogen-bond acceptors (Lipinski definition) is 4. The van der Waals surface area contributed by atoms with Gasteiger partial charge in [-0.15, -0.1) is 0 Å². The molecule has 2 N–H and O–H groups in total. The average molecular weight is 580 g/mol. The molecule has 42 heavy (non-hydrogen) atoms. The molecule has 2 atom stereocenters. The van der Waals surface area contributed by atoms with E-state index in [2.05, 4.69) is 24.5 Å². The van der Waals surface area contributed by atoms with E-state index >= 15 is 0 Å². The first-order valence-electron chi connectivity index (χ1n) is 15.7. The van der Waals surface area contributed by atoms with Crippen molar-refractivity contribution in [3.05, 3.63) is 70.8 Å². The molecule has 0 heterocycles. The Morgan fingerprint density at radius 1 is 0.881 bits per heavy atom. The number of nitrogens with one attached hydrogen (secondary N) is 2. The Labute approximate surface area is 253 Å². The molecule has 0 aliphatic rings. The number of unbranched alkanes of at least 4 members (excludes halogenated alkanes) is 5. The zero-order valence-corrected chi connectivity index (χ0v) is 26.9. The molecule has 2 aromatic carbocycles. The molecule has 3 amide bonds. The third kappa shape index (κ3) is 11.9. The van der Waals surface area contributed by atoms with Crippen molar-refractivity contribution in [3.8, 4) is 0 Å². The fourth-order valence-electron chi connectivity index (χ4n) is 5.02. The summed E-state index contributed by atoms with van der Waals surface area (Å²) in [6.07, 6.45) is 6.46.